The standard InChI is InChI=1S/C10H22O4/c1-8(11)7-9(12)5-3-2-4-6-10(13)14/h8-14H,2-7H2,1H3/t8-,9-/m1/s1. The average molecular weight is 206 g/mol. The fraction of sp³-hybridized carbons (Fsp3) is 1.00. The third-order valence-electron chi connectivity index (χ3n) is 2.11. The predicted octanol–water partition coefficient (Wildman–Crippen LogP) is 0.379. The topological polar surface area (TPSA) is 80.9 Å². The first kappa shape index (κ1) is 13.8. The second-order valence-electron chi connectivity index (χ2n) is 3.86. The van der Waals surface area contributed by atoms with Crippen LogP contribution in [0.4, 0.5) is 0 Å². The highest BCUT2D eigenvalue weighted by Crippen LogP contribution is 2.10. The van der Waals surface area contributed by atoms with Gasteiger partial charge in [0.05, 0.1) is 12.2 Å². The van der Waals surface area contributed by atoms with Crippen LogP contribution in [0.3, 0.4) is 0 Å². The van der Waals surface area contributed by atoms with E-state index in [1.165, 1.54) is 0 Å². The van der Waals surface area contributed by atoms with E-state index in [2.05, 4.69) is 0 Å². The van der Waals surface area contributed by atoms with Gasteiger partial charge in [-0.1, -0.05) is 12.8 Å². The molecule has 0 unspecified atom stereocenters. The molecule has 0 aromatic carbocycles. The maximum atomic E-state index is 9.37. The van der Waals surface area contributed by atoms with Crippen LogP contribution in [0.5, 0.6) is 0 Å². The highest BCUT2D eigenvalue weighted by molar-refractivity contribution is 4.59. The van der Waals surface area contributed by atoms with E-state index in [0.717, 1.165) is 19.3 Å². The van der Waals surface area contributed by atoms with Crippen molar-refractivity contribution in [1.82, 2.24) is 0 Å². The Morgan fingerprint density at radius 1 is 0.857 bits per heavy atom. The molecule has 0 aliphatic carbocycles. The first-order valence-electron chi connectivity index (χ1n) is 5.24. The lowest BCUT2D eigenvalue weighted by molar-refractivity contribution is -0.0466. The molecular weight excluding hydrogens is 184 g/mol. The van der Waals surface area contributed by atoms with Crippen molar-refractivity contribution in [2.45, 2.75) is 63.9 Å². The molecule has 4 heteroatoms. The van der Waals surface area contributed by atoms with Crippen molar-refractivity contribution >= 4 is 0 Å². The van der Waals surface area contributed by atoms with Crippen molar-refractivity contribution < 1.29 is 20.4 Å². The lowest BCUT2D eigenvalue weighted by Crippen LogP contribution is -2.14. The normalized spacial score (nSPS) is 15.9. The molecule has 0 heterocycles. The molecule has 86 valence electrons. The van der Waals surface area contributed by atoms with Crippen LogP contribution in [0.1, 0.15) is 45.4 Å². The molecule has 0 fully saturated rings. The minimum Gasteiger partial charge on any atom is -0.393 e. The van der Waals surface area contributed by atoms with Crippen molar-refractivity contribution in [3.63, 3.8) is 0 Å². The largest absolute Gasteiger partial charge is 0.393 e. The summed E-state index contributed by atoms with van der Waals surface area (Å²) in [6.07, 6.45) is 1.89. The molecule has 0 saturated heterocycles. The predicted molar refractivity (Wildman–Crippen MR) is 53.6 cm³/mol. The number of hydrogen-bond donors (Lipinski definition) is 4. The van der Waals surface area contributed by atoms with Crippen LogP contribution in [-0.4, -0.2) is 38.9 Å². The van der Waals surface area contributed by atoms with Gasteiger partial charge in [-0.3, -0.25) is 0 Å². The highest BCUT2D eigenvalue weighted by Gasteiger charge is 2.07. The molecule has 4 N–H and O–H groups in total. The van der Waals surface area contributed by atoms with E-state index in [-0.39, 0.29) is 0 Å². The molecule has 0 aromatic heterocycles. The van der Waals surface area contributed by atoms with Crippen molar-refractivity contribution in [3.8, 4) is 0 Å². The van der Waals surface area contributed by atoms with Crippen LogP contribution in [-0.2, 0) is 0 Å². The summed E-state index contributed by atoms with van der Waals surface area (Å²) < 4.78 is 0. The van der Waals surface area contributed by atoms with Gasteiger partial charge in [-0.15, -0.1) is 0 Å². The highest BCUT2D eigenvalue weighted by atomic mass is 16.5. The number of rotatable bonds is 8. The molecule has 0 aliphatic rings. The van der Waals surface area contributed by atoms with Gasteiger partial charge in [-0.25, -0.2) is 0 Å². The molecule has 0 aromatic rings. The van der Waals surface area contributed by atoms with Crippen LogP contribution in [0.2, 0.25) is 0 Å². The van der Waals surface area contributed by atoms with Crippen LogP contribution in [0, 0.1) is 0 Å². The van der Waals surface area contributed by atoms with Gasteiger partial charge in [0, 0.05) is 0 Å². The third kappa shape index (κ3) is 9.92. The SMILES string of the molecule is C[C@@H](O)C[C@H](O)CCCCCC(O)O. The Morgan fingerprint density at radius 3 is 1.93 bits per heavy atom. The van der Waals surface area contributed by atoms with E-state index in [9.17, 15) is 5.11 Å². The summed E-state index contributed by atoms with van der Waals surface area (Å²) in [5, 5.41) is 35.4. The van der Waals surface area contributed by atoms with Gasteiger partial charge in [0.25, 0.3) is 0 Å². The van der Waals surface area contributed by atoms with Crippen LogP contribution < -0.4 is 0 Å². The molecule has 14 heavy (non-hydrogen) atoms. The van der Waals surface area contributed by atoms with E-state index in [1.54, 1.807) is 6.92 Å². The monoisotopic (exact) mass is 206 g/mol. The first-order valence-corrected chi connectivity index (χ1v) is 5.24. The lowest BCUT2D eigenvalue weighted by Gasteiger charge is -2.11. The summed E-state index contributed by atoms with van der Waals surface area (Å²) in [5.74, 6) is 0. The number of aliphatic hydroxyl groups excluding tert-OH is 3. The molecule has 0 saturated carbocycles. The fourth-order valence-electron chi connectivity index (χ4n) is 1.40. The minimum atomic E-state index is -1.21. The van der Waals surface area contributed by atoms with Gasteiger partial charge in [0.2, 0.25) is 0 Å². The Hall–Kier alpha value is -0.160. The van der Waals surface area contributed by atoms with Gasteiger partial charge >= 0.3 is 0 Å². The zero-order valence-corrected chi connectivity index (χ0v) is 8.76. The van der Waals surface area contributed by atoms with Gasteiger partial charge in [0.15, 0.2) is 6.29 Å². The zero-order chi connectivity index (χ0) is 11.0. The Balaban J connectivity index is 3.19. The van der Waals surface area contributed by atoms with Crippen molar-refractivity contribution in [1.29, 1.82) is 0 Å². The molecular formula is C10H22O4. The van der Waals surface area contributed by atoms with Gasteiger partial charge in [0.1, 0.15) is 0 Å². The Labute approximate surface area is 85.2 Å². The molecule has 4 nitrogen and oxygen atoms in total. The lowest BCUT2D eigenvalue weighted by atomic mass is 10.0. The quantitative estimate of drug-likeness (QED) is 0.342. The second kappa shape index (κ2) is 8.17. The molecule has 0 aliphatic heterocycles. The molecule has 0 radical (unpaired) electrons. The molecule has 0 amide bonds. The van der Waals surface area contributed by atoms with E-state index in [1.807, 2.05) is 0 Å². The minimum absolute atomic E-state index is 0.395. The summed E-state index contributed by atoms with van der Waals surface area (Å²) in [6, 6.07) is 0. The van der Waals surface area contributed by atoms with E-state index in [0.29, 0.717) is 19.3 Å². The summed E-state index contributed by atoms with van der Waals surface area (Å²) >= 11 is 0. The second-order valence-corrected chi connectivity index (χ2v) is 3.86. The summed E-state index contributed by atoms with van der Waals surface area (Å²) in [4.78, 5) is 0. The molecule has 0 spiro atoms. The summed E-state index contributed by atoms with van der Waals surface area (Å²) in [7, 11) is 0. The third-order valence-corrected chi connectivity index (χ3v) is 2.11. The summed E-state index contributed by atoms with van der Waals surface area (Å²) in [5.41, 5.74) is 0. The van der Waals surface area contributed by atoms with Gasteiger partial charge in [-0.2, -0.15) is 0 Å². The van der Waals surface area contributed by atoms with Gasteiger partial charge < -0.3 is 20.4 Å². The number of aliphatic hydroxyl groups is 4. The van der Waals surface area contributed by atoms with Gasteiger partial charge in [-0.05, 0) is 32.6 Å². The fourth-order valence-corrected chi connectivity index (χ4v) is 1.40. The Bertz CT molecular complexity index is 125. The van der Waals surface area contributed by atoms with E-state index >= 15 is 0 Å². The van der Waals surface area contributed by atoms with E-state index < -0.39 is 18.5 Å². The number of hydrogen-bond acceptors (Lipinski definition) is 4. The van der Waals surface area contributed by atoms with E-state index in [4.69, 9.17) is 15.3 Å². The van der Waals surface area contributed by atoms with Crippen molar-refractivity contribution in [3.05, 3.63) is 0 Å². The molecule has 0 bridgehead atoms. The number of unbranched alkanes of at least 4 members (excludes halogenated alkanes) is 2. The summed E-state index contributed by atoms with van der Waals surface area (Å²) in [6.45, 7) is 1.66. The smallest absolute Gasteiger partial charge is 0.151 e. The first-order chi connectivity index (χ1) is 6.52. The maximum Gasteiger partial charge on any atom is 0.151 e. The molecule has 2 atom stereocenters. The Morgan fingerprint density at radius 2 is 1.43 bits per heavy atom. The van der Waals surface area contributed by atoms with Crippen LogP contribution >= 0.6 is 0 Å². The van der Waals surface area contributed by atoms with Crippen molar-refractivity contribution in [2.24, 2.45) is 0 Å². The zero-order valence-electron chi connectivity index (χ0n) is 8.76. The van der Waals surface area contributed by atoms with Crippen molar-refractivity contribution in [2.75, 3.05) is 0 Å². The Kier molecular flexibility index (Phi) is 8.08. The maximum absolute atomic E-state index is 9.37. The molecule has 0 rings (SSSR count). The average Bonchev–Trinajstić information content (AvgIpc) is 2.01. The van der Waals surface area contributed by atoms with Crippen LogP contribution in [0.15, 0.2) is 0 Å². The van der Waals surface area contributed by atoms with Crippen LogP contribution in [0.25, 0.3) is 0 Å².